The van der Waals surface area contributed by atoms with Crippen molar-refractivity contribution in [3.05, 3.63) is 24.0 Å². The second-order valence-corrected chi connectivity index (χ2v) is 2.27. The largest absolute Gasteiger partial charge is 0.386 e. The van der Waals surface area contributed by atoms with Crippen LogP contribution in [0.15, 0.2) is 24.0 Å². The lowest BCUT2D eigenvalue weighted by Crippen LogP contribution is -2.17. The molecular formula is C7H12N2. The van der Waals surface area contributed by atoms with Crippen LogP contribution in [0.5, 0.6) is 0 Å². The number of nitrogens with one attached hydrogen (secondary N) is 1. The van der Waals surface area contributed by atoms with E-state index in [4.69, 9.17) is 0 Å². The molecule has 0 atom stereocenters. The predicted octanol–water partition coefficient (Wildman–Crippen LogP) is 0.549. The molecule has 1 N–H and O–H groups in total. The summed E-state index contributed by atoms with van der Waals surface area (Å²) in [6.07, 6.45) is 6.23. The maximum absolute atomic E-state index is 3.13. The Morgan fingerprint density at radius 2 is 2.33 bits per heavy atom. The average Bonchev–Trinajstić information content (AvgIpc) is 1.90. The van der Waals surface area contributed by atoms with Crippen LogP contribution in [0.4, 0.5) is 0 Å². The molecule has 0 fully saturated rings. The zero-order valence-electron chi connectivity index (χ0n) is 5.89. The molecule has 0 aliphatic carbocycles. The Labute approximate surface area is 55.9 Å². The summed E-state index contributed by atoms with van der Waals surface area (Å²) in [5.74, 6) is 0. The highest BCUT2D eigenvalue weighted by atomic mass is 15.1. The zero-order valence-corrected chi connectivity index (χ0v) is 5.89. The average molecular weight is 124 g/mol. The summed E-state index contributed by atoms with van der Waals surface area (Å²) in [5.41, 5.74) is 1.22. The van der Waals surface area contributed by atoms with Crippen molar-refractivity contribution >= 4 is 0 Å². The van der Waals surface area contributed by atoms with E-state index >= 15 is 0 Å². The molecule has 50 valence electrons. The third kappa shape index (κ3) is 1.49. The minimum atomic E-state index is 0.956. The van der Waals surface area contributed by atoms with E-state index < -0.39 is 0 Å². The van der Waals surface area contributed by atoms with E-state index in [2.05, 4.69) is 22.4 Å². The maximum atomic E-state index is 3.13. The van der Waals surface area contributed by atoms with Gasteiger partial charge in [-0.15, -0.1) is 0 Å². The summed E-state index contributed by atoms with van der Waals surface area (Å²) >= 11 is 0. The number of hydrogen-bond donors (Lipinski definition) is 1. The second kappa shape index (κ2) is 2.58. The Hall–Kier alpha value is -0.920. The SMILES string of the molecule is CN(C)C1=CNCC=C1. The highest BCUT2D eigenvalue weighted by Gasteiger charge is 1.95. The van der Waals surface area contributed by atoms with Gasteiger partial charge in [0.25, 0.3) is 0 Å². The summed E-state index contributed by atoms with van der Waals surface area (Å²) in [7, 11) is 4.06. The standard InChI is InChI=1S/C7H12N2/c1-9(2)7-4-3-5-8-6-7/h3-4,6,8H,5H2,1-2H3. The van der Waals surface area contributed by atoms with E-state index in [0.717, 1.165) is 6.54 Å². The highest BCUT2D eigenvalue weighted by molar-refractivity contribution is 5.19. The minimum Gasteiger partial charge on any atom is -0.386 e. The van der Waals surface area contributed by atoms with Gasteiger partial charge in [0.1, 0.15) is 0 Å². The smallest absolute Gasteiger partial charge is 0.0518 e. The van der Waals surface area contributed by atoms with Crippen molar-refractivity contribution in [1.29, 1.82) is 0 Å². The lowest BCUT2D eigenvalue weighted by Gasteiger charge is -2.16. The maximum Gasteiger partial charge on any atom is 0.0518 e. The molecule has 0 aromatic heterocycles. The van der Waals surface area contributed by atoms with Gasteiger partial charge >= 0.3 is 0 Å². The van der Waals surface area contributed by atoms with Crippen LogP contribution in [0, 0.1) is 0 Å². The van der Waals surface area contributed by atoms with Crippen LogP contribution in [0.3, 0.4) is 0 Å². The molecule has 0 bridgehead atoms. The molecule has 0 saturated carbocycles. The molecule has 0 amide bonds. The fourth-order valence-corrected chi connectivity index (χ4v) is 0.737. The molecule has 0 spiro atoms. The number of rotatable bonds is 1. The summed E-state index contributed by atoms with van der Waals surface area (Å²) in [6, 6.07) is 0. The molecule has 2 heteroatoms. The zero-order chi connectivity index (χ0) is 6.69. The third-order valence-electron chi connectivity index (χ3n) is 1.29. The van der Waals surface area contributed by atoms with Crippen molar-refractivity contribution in [3.8, 4) is 0 Å². The Bertz CT molecular complexity index is 145. The van der Waals surface area contributed by atoms with Crippen LogP contribution in [0.1, 0.15) is 0 Å². The first-order valence-corrected chi connectivity index (χ1v) is 3.08. The van der Waals surface area contributed by atoms with E-state index in [1.807, 2.05) is 20.3 Å². The molecule has 2 nitrogen and oxygen atoms in total. The van der Waals surface area contributed by atoms with E-state index in [0.29, 0.717) is 0 Å². The predicted molar refractivity (Wildman–Crippen MR) is 38.9 cm³/mol. The van der Waals surface area contributed by atoms with Crippen LogP contribution < -0.4 is 5.32 Å². The molecule has 0 aromatic rings. The van der Waals surface area contributed by atoms with Gasteiger partial charge in [-0.25, -0.2) is 0 Å². The fourth-order valence-electron chi connectivity index (χ4n) is 0.737. The number of dihydropyridines is 1. The highest BCUT2D eigenvalue weighted by Crippen LogP contribution is 2.00. The topological polar surface area (TPSA) is 15.3 Å². The summed E-state index contributed by atoms with van der Waals surface area (Å²) in [6.45, 7) is 0.956. The Balaban J connectivity index is 2.58. The molecule has 1 aliphatic heterocycles. The van der Waals surface area contributed by atoms with Gasteiger partial charge < -0.3 is 10.2 Å². The van der Waals surface area contributed by atoms with E-state index in [1.54, 1.807) is 0 Å². The van der Waals surface area contributed by atoms with E-state index in [-0.39, 0.29) is 0 Å². The summed E-state index contributed by atoms with van der Waals surface area (Å²) in [4.78, 5) is 2.07. The molecule has 1 rings (SSSR count). The van der Waals surface area contributed by atoms with Crippen molar-refractivity contribution in [3.63, 3.8) is 0 Å². The van der Waals surface area contributed by atoms with Gasteiger partial charge in [0.15, 0.2) is 0 Å². The van der Waals surface area contributed by atoms with Crippen molar-refractivity contribution in [2.24, 2.45) is 0 Å². The number of nitrogens with zero attached hydrogens (tertiary/aromatic N) is 1. The Morgan fingerprint density at radius 1 is 1.56 bits per heavy atom. The third-order valence-corrected chi connectivity index (χ3v) is 1.29. The van der Waals surface area contributed by atoms with Crippen molar-refractivity contribution in [2.45, 2.75) is 0 Å². The minimum absolute atomic E-state index is 0.956. The molecule has 0 unspecified atom stereocenters. The number of likely N-dealkylation sites (N-methyl/N-ethyl adjacent to an activating group) is 1. The molecule has 0 aromatic carbocycles. The van der Waals surface area contributed by atoms with E-state index in [9.17, 15) is 0 Å². The second-order valence-electron chi connectivity index (χ2n) is 2.27. The summed E-state index contributed by atoms with van der Waals surface area (Å²) in [5, 5.41) is 3.13. The van der Waals surface area contributed by atoms with Crippen molar-refractivity contribution in [2.75, 3.05) is 20.6 Å². The molecule has 0 saturated heterocycles. The van der Waals surface area contributed by atoms with Gasteiger partial charge in [0, 0.05) is 26.8 Å². The van der Waals surface area contributed by atoms with Gasteiger partial charge in [-0.2, -0.15) is 0 Å². The molecular weight excluding hydrogens is 112 g/mol. The molecule has 1 aliphatic rings. The Morgan fingerprint density at radius 3 is 2.67 bits per heavy atom. The molecule has 9 heavy (non-hydrogen) atoms. The van der Waals surface area contributed by atoms with Gasteiger partial charge in [-0.3, -0.25) is 0 Å². The van der Waals surface area contributed by atoms with Gasteiger partial charge in [-0.05, 0) is 6.08 Å². The lowest BCUT2D eigenvalue weighted by atomic mass is 10.3. The van der Waals surface area contributed by atoms with Crippen LogP contribution >= 0.6 is 0 Å². The first-order chi connectivity index (χ1) is 4.30. The molecule has 1 heterocycles. The number of allylic oxidation sites excluding steroid dienone is 1. The first kappa shape index (κ1) is 6.20. The normalized spacial score (nSPS) is 16.4. The van der Waals surface area contributed by atoms with Crippen LogP contribution in [0.25, 0.3) is 0 Å². The van der Waals surface area contributed by atoms with Crippen molar-refractivity contribution in [1.82, 2.24) is 10.2 Å². The van der Waals surface area contributed by atoms with Gasteiger partial charge in [-0.1, -0.05) is 6.08 Å². The van der Waals surface area contributed by atoms with Gasteiger partial charge in [0.05, 0.1) is 5.70 Å². The Kier molecular flexibility index (Phi) is 1.78. The van der Waals surface area contributed by atoms with Crippen LogP contribution in [-0.2, 0) is 0 Å². The molecule has 0 radical (unpaired) electrons. The fraction of sp³-hybridized carbons (Fsp3) is 0.429. The summed E-state index contributed by atoms with van der Waals surface area (Å²) < 4.78 is 0. The van der Waals surface area contributed by atoms with Crippen LogP contribution in [-0.4, -0.2) is 25.5 Å². The number of hydrogen-bond acceptors (Lipinski definition) is 2. The van der Waals surface area contributed by atoms with Gasteiger partial charge in [0.2, 0.25) is 0 Å². The van der Waals surface area contributed by atoms with Crippen LogP contribution in [0.2, 0.25) is 0 Å². The lowest BCUT2D eigenvalue weighted by molar-refractivity contribution is 0.521. The quantitative estimate of drug-likeness (QED) is 0.549. The van der Waals surface area contributed by atoms with E-state index in [1.165, 1.54) is 5.70 Å². The first-order valence-electron chi connectivity index (χ1n) is 3.08. The monoisotopic (exact) mass is 124 g/mol. The van der Waals surface area contributed by atoms with Crippen molar-refractivity contribution < 1.29 is 0 Å².